The van der Waals surface area contributed by atoms with Crippen LogP contribution in [0.3, 0.4) is 0 Å². The number of para-hydroxylation sites is 2. The molecule has 3 nitrogen and oxygen atoms in total. The topological polar surface area (TPSA) is 17.4 Å². The monoisotopic (exact) mass is 660 g/mol. The first kappa shape index (κ1) is 32.4. The third kappa shape index (κ3) is 6.59. The number of fused-ring (bicyclic) bond motifs is 3. The van der Waals surface area contributed by atoms with Gasteiger partial charge in [0.1, 0.15) is 0 Å². The van der Waals surface area contributed by atoms with Gasteiger partial charge in [0, 0.05) is 39.1 Å². The molecular formula is C47H41BN2O. The van der Waals surface area contributed by atoms with Crippen molar-refractivity contribution in [2.24, 2.45) is 0 Å². The third-order valence-corrected chi connectivity index (χ3v) is 10.1. The van der Waals surface area contributed by atoms with Crippen molar-refractivity contribution in [3.8, 4) is 27.9 Å². The van der Waals surface area contributed by atoms with Gasteiger partial charge < -0.3 is 14.1 Å². The summed E-state index contributed by atoms with van der Waals surface area (Å²) in [5, 5.41) is 2.55. The molecule has 4 heteroatoms. The molecule has 0 aliphatic rings. The molecule has 1 heterocycles. The van der Waals surface area contributed by atoms with Crippen LogP contribution in [0.1, 0.15) is 27.2 Å². The number of rotatable bonds is 10. The van der Waals surface area contributed by atoms with E-state index in [9.17, 15) is 0 Å². The molecule has 0 radical (unpaired) electrons. The maximum atomic E-state index is 6.20. The second-order valence-electron chi connectivity index (χ2n) is 13.8. The predicted molar refractivity (Wildman–Crippen MR) is 219 cm³/mol. The Morgan fingerprint density at radius 2 is 0.902 bits per heavy atom. The fraction of sp³-hybridized carbons (Fsp3) is 0.106. The summed E-state index contributed by atoms with van der Waals surface area (Å²) in [6.07, 6.45) is 0.972. The standard InChI is InChI=1S/C47H41BN2O/c1-4-47(2,3)51-48-38-24-32-41(33-25-38)49(39-26-18-35(19-27-39)34-12-6-5-7-13-34)40-28-20-36(21-29-40)37-22-30-42(31-23-37)50-45-16-10-8-14-43(45)44-15-9-11-17-46(44)50/h5-33,48H,4H2,1-3H3. The van der Waals surface area contributed by atoms with Crippen molar-refractivity contribution >= 4 is 51.8 Å². The molecule has 0 N–H and O–H groups in total. The van der Waals surface area contributed by atoms with E-state index in [0.717, 1.165) is 29.2 Å². The Morgan fingerprint density at radius 1 is 0.490 bits per heavy atom. The van der Waals surface area contributed by atoms with Crippen LogP contribution in [0.25, 0.3) is 49.7 Å². The zero-order valence-corrected chi connectivity index (χ0v) is 29.5. The number of nitrogens with zero attached hydrogens (tertiary/aromatic N) is 2. The molecule has 0 atom stereocenters. The van der Waals surface area contributed by atoms with Gasteiger partial charge in [-0.3, -0.25) is 0 Å². The van der Waals surface area contributed by atoms with Crippen molar-refractivity contribution in [3.05, 3.63) is 176 Å². The highest BCUT2D eigenvalue weighted by Gasteiger charge is 2.17. The molecule has 0 aliphatic heterocycles. The van der Waals surface area contributed by atoms with Gasteiger partial charge in [0.15, 0.2) is 0 Å². The van der Waals surface area contributed by atoms with Crippen molar-refractivity contribution in [2.75, 3.05) is 4.90 Å². The summed E-state index contributed by atoms with van der Waals surface area (Å²) in [6.45, 7) is 6.45. The van der Waals surface area contributed by atoms with Crippen molar-refractivity contribution in [3.63, 3.8) is 0 Å². The highest BCUT2D eigenvalue weighted by atomic mass is 16.5. The fourth-order valence-electron chi connectivity index (χ4n) is 6.81. The van der Waals surface area contributed by atoms with Crippen molar-refractivity contribution in [2.45, 2.75) is 32.8 Å². The van der Waals surface area contributed by atoms with Crippen LogP contribution in [0.15, 0.2) is 176 Å². The van der Waals surface area contributed by atoms with Gasteiger partial charge >= 0.3 is 7.48 Å². The van der Waals surface area contributed by atoms with Gasteiger partial charge in [-0.25, -0.2) is 0 Å². The Balaban J connectivity index is 1.10. The zero-order chi connectivity index (χ0) is 34.8. The highest BCUT2D eigenvalue weighted by molar-refractivity contribution is 6.47. The van der Waals surface area contributed by atoms with E-state index >= 15 is 0 Å². The largest absolute Gasteiger partial charge is 0.430 e. The Hall–Kier alpha value is -5.84. The minimum Gasteiger partial charge on any atom is -0.430 e. The number of anilines is 3. The molecule has 0 spiro atoms. The number of hydrogen-bond acceptors (Lipinski definition) is 2. The lowest BCUT2D eigenvalue weighted by atomic mass is 9.86. The minimum absolute atomic E-state index is 0.141. The zero-order valence-electron chi connectivity index (χ0n) is 29.5. The van der Waals surface area contributed by atoms with E-state index in [-0.39, 0.29) is 5.60 Å². The summed E-state index contributed by atoms with van der Waals surface area (Å²) in [7, 11) is 0.594. The average Bonchev–Trinajstić information content (AvgIpc) is 3.53. The van der Waals surface area contributed by atoms with Gasteiger partial charge in [0.25, 0.3) is 0 Å². The lowest BCUT2D eigenvalue weighted by Gasteiger charge is -2.27. The lowest BCUT2D eigenvalue weighted by Crippen LogP contribution is -2.30. The van der Waals surface area contributed by atoms with Crippen LogP contribution in [0, 0.1) is 0 Å². The Bertz CT molecular complexity index is 2340. The van der Waals surface area contributed by atoms with E-state index < -0.39 is 0 Å². The number of aromatic nitrogens is 1. The van der Waals surface area contributed by atoms with Crippen molar-refractivity contribution < 1.29 is 4.65 Å². The maximum absolute atomic E-state index is 6.20. The minimum atomic E-state index is -0.141. The first-order valence-corrected chi connectivity index (χ1v) is 17.8. The van der Waals surface area contributed by atoms with Gasteiger partial charge in [-0.2, -0.15) is 0 Å². The van der Waals surface area contributed by atoms with Gasteiger partial charge in [-0.15, -0.1) is 0 Å². The summed E-state index contributed by atoms with van der Waals surface area (Å²) in [6, 6.07) is 63.3. The van der Waals surface area contributed by atoms with Crippen LogP contribution in [-0.4, -0.2) is 17.7 Å². The molecule has 0 amide bonds. The molecule has 0 saturated heterocycles. The summed E-state index contributed by atoms with van der Waals surface area (Å²) in [5.74, 6) is 0. The Labute approximate surface area is 301 Å². The van der Waals surface area contributed by atoms with Gasteiger partial charge in [-0.05, 0) is 103 Å². The number of hydrogen-bond donors (Lipinski definition) is 0. The first-order chi connectivity index (χ1) is 25.0. The molecule has 8 aromatic rings. The first-order valence-electron chi connectivity index (χ1n) is 17.8. The summed E-state index contributed by atoms with van der Waals surface area (Å²) >= 11 is 0. The maximum Gasteiger partial charge on any atom is 0.309 e. The molecule has 248 valence electrons. The van der Waals surface area contributed by atoms with Crippen molar-refractivity contribution in [1.29, 1.82) is 0 Å². The predicted octanol–water partition coefficient (Wildman–Crippen LogP) is 11.8. The summed E-state index contributed by atoms with van der Waals surface area (Å²) in [5.41, 5.74) is 12.7. The van der Waals surface area contributed by atoms with Gasteiger partial charge in [0.2, 0.25) is 0 Å². The molecule has 0 fully saturated rings. The van der Waals surface area contributed by atoms with E-state index in [1.165, 1.54) is 49.5 Å². The number of benzene rings is 7. The van der Waals surface area contributed by atoms with Crippen LogP contribution in [0.4, 0.5) is 17.1 Å². The fourth-order valence-corrected chi connectivity index (χ4v) is 6.81. The molecule has 51 heavy (non-hydrogen) atoms. The van der Waals surface area contributed by atoms with E-state index in [0.29, 0.717) is 7.48 Å². The third-order valence-electron chi connectivity index (χ3n) is 10.1. The van der Waals surface area contributed by atoms with E-state index in [1.807, 2.05) is 0 Å². The van der Waals surface area contributed by atoms with Crippen molar-refractivity contribution in [1.82, 2.24) is 4.57 Å². The average molecular weight is 661 g/mol. The van der Waals surface area contributed by atoms with E-state index in [1.54, 1.807) is 0 Å². The second kappa shape index (κ2) is 13.8. The molecule has 0 saturated carbocycles. The Kier molecular flexibility index (Phi) is 8.77. The Morgan fingerprint density at radius 3 is 1.39 bits per heavy atom. The molecule has 1 aromatic heterocycles. The van der Waals surface area contributed by atoms with Crippen LogP contribution in [0.2, 0.25) is 0 Å². The van der Waals surface area contributed by atoms with E-state index in [2.05, 4.69) is 206 Å². The molecule has 0 bridgehead atoms. The van der Waals surface area contributed by atoms with Gasteiger partial charge in [0.05, 0.1) is 11.0 Å². The normalized spacial score (nSPS) is 11.6. The van der Waals surface area contributed by atoms with Gasteiger partial charge in [-0.1, -0.05) is 128 Å². The lowest BCUT2D eigenvalue weighted by molar-refractivity contribution is 0.114. The summed E-state index contributed by atoms with van der Waals surface area (Å²) < 4.78 is 8.56. The quantitative estimate of drug-likeness (QED) is 0.136. The highest BCUT2D eigenvalue weighted by Crippen LogP contribution is 2.37. The molecule has 7 aromatic carbocycles. The second-order valence-corrected chi connectivity index (χ2v) is 13.8. The van der Waals surface area contributed by atoms with Crippen LogP contribution in [0.5, 0.6) is 0 Å². The molecule has 0 aliphatic carbocycles. The molecule has 8 rings (SSSR count). The SMILES string of the molecule is CCC(C)(C)OBc1ccc(N(c2ccc(-c3ccccc3)cc2)c2ccc(-c3ccc(-n4c5ccccc5c5ccccc54)cc3)cc2)cc1. The molecular weight excluding hydrogens is 619 g/mol. The smallest absolute Gasteiger partial charge is 0.309 e. The van der Waals surface area contributed by atoms with Crippen LogP contribution >= 0.6 is 0 Å². The summed E-state index contributed by atoms with van der Waals surface area (Å²) in [4.78, 5) is 2.32. The van der Waals surface area contributed by atoms with Crippen LogP contribution in [-0.2, 0) is 4.65 Å². The van der Waals surface area contributed by atoms with E-state index in [4.69, 9.17) is 4.65 Å². The van der Waals surface area contributed by atoms with Crippen LogP contribution < -0.4 is 10.4 Å². The molecule has 0 unspecified atom stereocenters.